The molecule has 0 amide bonds. The number of carboxylic acids is 1. The van der Waals surface area contributed by atoms with E-state index >= 15 is 0 Å². The lowest BCUT2D eigenvalue weighted by molar-refractivity contribution is -0.0521. The van der Waals surface area contributed by atoms with Gasteiger partial charge in [0.2, 0.25) is 0 Å². The molecule has 0 aliphatic heterocycles. The quantitative estimate of drug-likeness (QED) is 0.721. The lowest BCUT2D eigenvalue weighted by Crippen LogP contribution is -2.15. The third kappa shape index (κ3) is 5.42. The number of hydrogen-bond acceptors (Lipinski definition) is 4. The van der Waals surface area contributed by atoms with Crippen molar-refractivity contribution in [2.24, 2.45) is 0 Å². The third-order valence-corrected chi connectivity index (χ3v) is 3.41. The molecule has 2 N–H and O–H groups in total. The number of rotatable bonds is 9. The summed E-state index contributed by atoms with van der Waals surface area (Å²) in [7, 11) is 0. The minimum atomic E-state index is -2.94. The van der Waals surface area contributed by atoms with Gasteiger partial charge in [0, 0.05) is 18.7 Å². The van der Waals surface area contributed by atoms with Crippen LogP contribution in [0.25, 0.3) is 0 Å². The van der Waals surface area contributed by atoms with Crippen LogP contribution in [0, 0.1) is 0 Å². The summed E-state index contributed by atoms with van der Waals surface area (Å²) in [6.45, 7) is -0.0928. The minimum Gasteiger partial charge on any atom is -0.490 e. The van der Waals surface area contributed by atoms with E-state index in [9.17, 15) is 13.6 Å². The van der Waals surface area contributed by atoms with Crippen LogP contribution in [-0.2, 0) is 13.1 Å². The highest BCUT2D eigenvalue weighted by molar-refractivity contribution is 5.87. The molecule has 134 valence electrons. The summed E-state index contributed by atoms with van der Waals surface area (Å²) in [5.74, 6) is -0.693. The molecule has 0 aromatic heterocycles. The van der Waals surface area contributed by atoms with E-state index < -0.39 is 12.6 Å². The molecular formula is C18H19F2NO4. The maximum atomic E-state index is 12.7. The molecule has 0 heterocycles. The number of benzene rings is 2. The van der Waals surface area contributed by atoms with Crippen molar-refractivity contribution in [2.45, 2.75) is 26.6 Å². The van der Waals surface area contributed by atoms with Gasteiger partial charge in [0.25, 0.3) is 0 Å². The molecule has 0 fully saturated rings. The Morgan fingerprint density at radius 2 is 1.88 bits per heavy atom. The number of hydrogen-bond donors (Lipinski definition) is 2. The fourth-order valence-corrected chi connectivity index (χ4v) is 2.30. The van der Waals surface area contributed by atoms with Crippen molar-refractivity contribution in [3.63, 3.8) is 0 Å². The predicted molar refractivity (Wildman–Crippen MR) is 88.2 cm³/mol. The number of ether oxygens (including phenoxy) is 2. The van der Waals surface area contributed by atoms with Gasteiger partial charge < -0.3 is 19.9 Å². The Morgan fingerprint density at radius 3 is 2.48 bits per heavy atom. The van der Waals surface area contributed by atoms with E-state index in [1.807, 2.05) is 0 Å². The summed E-state index contributed by atoms with van der Waals surface area (Å²) in [5.41, 5.74) is 1.64. The number of para-hydroxylation sites is 1. The maximum absolute atomic E-state index is 12.7. The molecular weight excluding hydrogens is 332 g/mol. The monoisotopic (exact) mass is 351 g/mol. The van der Waals surface area contributed by atoms with Crippen LogP contribution in [0.15, 0.2) is 42.5 Å². The highest BCUT2D eigenvalue weighted by Crippen LogP contribution is 2.32. The molecule has 0 aliphatic rings. The Labute approximate surface area is 144 Å². The van der Waals surface area contributed by atoms with Crippen LogP contribution >= 0.6 is 0 Å². The molecule has 0 saturated carbocycles. The predicted octanol–water partition coefficient (Wildman–Crippen LogP) is 3.67. The van der Waals surface area contributed by atoms with Crippen LogP contribution in [0.3, 0.4) is 0 Å². The molecule has 0 aliphatic carbocycles. The van der Waals surface area contributed by atoms with Gasteiger partial charge in [0.1, 0.15) is 0 Å². The summed E-state index contributed by atoms with van der Waals surface area (Å²) in [4.78, 5) is 10.8. The number of nitrogens with one attached hydrogen (secondary N) is 1. The average molecular weight is 351 g/mol. The zero-order valence-electron chi connectivity index (χ0n) is 13.7. The average Bonchev–Trinajstić information content (AvgIpc) is 2.58. The van der Waals surface area contributed by atoms with Crippen molar-refractivity contribution in [1.82, 2.24) is 5.32 Å². The van der Waals surface area contributed by atoms with Crippen molar-refractivity contribution in [2.75, 3.05) is 6.61 Å². The molecule has 0 radical (unpaired) electrons. The van der Waals surface area contributed by atoms with E-state index in [1.165, 1.54) is 12.1 Å². The maximum Gasteiger partial charge on any atom is 0.387 e. The van der Waals surface area contributed by atoms with E-state index in [2.05, 4.69) is 10.1 Å². The normalized spacial score (nSPS) is 10.7. The van der Waals surface area contributed by atoms with Crippen LogP contribution in [-0.4, -0.2) is 24.3 Å². The molecule has 5 nitrogen and oxygen atoms in total. The first-order valence-electron chi connectivity index (χ1n) is 7.73. The van der Waals surface area contributed by atoms with E-state index in [4.69, 9.17) is 9.84 Å². The molecule has 2 aromatic rings. The lowest BCUT2D eigenvalue weighted by atomic mass is 10.1. The summed E-state index contributed by atoms with van der Waals surface area (Å²) >= 11 is 0. The number of carboxylic acid groups (broad SMARTS) is 1. The van der Waals surface area contributed by atoms with Crippen molar-refractivity contribution in [3.8, 4) is 11.5 Å². The van der Waals surface area contributed by atoms with Gasteiger partial charge in [-0.1, -0.05) is 24.3 Å². The first-order chi connectivity index (χ1) is 12.0. The standard InChI is InChI=1S/C18H19F2NO4/c1-2-24-15-5-3-4-14(16(15)25-18(19)20)11-21-10-12-6-8-13(9-7-12)17(22)23/h3-9,18,21H,2,10-11H2,1H3,(H,22,23). The SMILES string of the molecule is CCOc1cccc(CNCc2ccc(C(=O)O)cc2)c1OC(F)F. The Morgan fingerprint density at radius 1 is 1.16 bits per heavy atom. The number of carbonyl (C=O) groups is 1. The summed E-state index contributed by atoms with van der Waals surface area (Å²) in [6.07, 6.45) is 0. The van der Waals surface area contributed by atoms with Crippen LogP contribution in [0.2, 0.25) is 0 Å². The van der Waals surface area contributed by atoms with E-state index in [0.717, 1.165) is 5.56 Å². The molecule has 25 heavy (non-hydrogen) atoms. The molecule has 2 rings (SSSR count). The van der Waals surface area contributed by atoms with Gasteiger partial charge in [-0.05, 0) is 30.7 Å². The Kier molecular flexibility index (Phi) is 6.71. The second kappa shape index (κ2) is 8.98. The first-order valence-corrected chi connectivity index (χ1v) is 7.73. The molecule has 0 bridgehead atoms. The third-order valence-electron chi connectivity index (χ3n) is 3.41. The molecule has 0 unspecified atom stereocenters. The van der Waals surface area contributed by atoms with Gasteiger partial charge in [0.05, 0.1) is 12.2 Å². The van der Waals surface area contributed by atoms with Crippen LogP contribution in [0.1, 0.15) is 28.4 Å². The summed E-state index contributed by atoms with van der Waals surface area (Å²) in [6, 6.07) is 11.4. The van der Waals surface area contributed by atoms with Gasteiger partial charge in [-0.15, -0.1) is 0 Å². The number of halogens is 2. The molecule has 7 heteroatoms. The van der Waals surface area contributed by atoms with Crippen molar-refractivity contribution < 1.29 is 28.2 Å². The zero-order chi connectivity index (χ0) is 18.2. The molecule has 0 spiro atoms. The van der Waals surface area contributed by atoms with Gasteiger partial charge in [0.15, 0.2) is 11.5 Å². The van der Waals surface area contributed by atoms with Gasteiger partial charge in [-0.25, -0.2) is 4.79 Å². The highest BCUT2D eigenvalue weighted by Gasteiger charge is 2.15. The highest BCUT2D eigenvalue weighted by atomic mass is 19.3. The first kappa shape index (κ1) is 18.7. The van der Waals surface area contributed by atoms with Crippen molar-refractivity contribution in [1.29, 1.82) is 0 Å². The van der Waals surface area contributed by atoms with Crippen LogP contribution in [0.5, 0.6) is 11.5 Å². The molecule has 0 atom stereocenters. The van der Waals surface area contributed by atoms with Crippen LogP contribution < -0.4 is 14.8 Å². The summed E-state index contributed by atoms with van der Waals surface area (Å²) < 4.78 is 35.3. The number of alkyl halides is 2. The van der Waals surface area contributed by atoms with Gasteiger partial charge >= 0.3 is 12.6 Å². The smallest absolute Gasteiger partial charge is 0.387 e. The fourth-order valence-electron chi connectivity index (χ4n) is 2.30. The van der Waals surface area contributed by atoms with E-state index in [-0.39, 0.29) is 17.1 Å². The van der Waals surface area contributed by atoms with E-state index in [0.29, 0.717) is 25.3 Å². The van der Waals surface area contributed by atoms with Crippen molar-refractivity contribution in [3.05, 3.63) is 59.2 Å². The van der Waals surface area contributed by atoms with Gasteiger partial charge in [-0.2, -0.15) is 8.78 Å². The van der Waals surface area contributed by atoms with E-state index in [1.54, 1.807) is 37.3 Å². The summed E-state index contributed by atoms with van der Waals surface area (Å²) in [5, 5.41) is 12.0. The van der Waals surface area contributed by atoms with Crippen molar-refractivity contribution >= 4 is 5.97 Å². The van der Waals surface area contributed by atoms with Crippen LogP contribution in [0.4, 0.5) is 8.78 Å². The molecule has 0 saturated heterocycles. The second-order valence-corrected chi connectivity index (χ2v) is 5.16. The minimum absolute atomic E-state index is 0.0214. The lowest BCUT2D eigenvalue weighted by Gasteiger charge is -2.15. The number of aromatic carboxylic acids is 1. The topological polar surface area (TPSA) is 67.8 Å². The molecule has 2 aromatic carbocycles. The van der Waals surface area contributed by atoms with Gasteiger partial charge in [-0.3, -0.25) is 0 Å². The zero-order valence-corrected chi connectivity index (χ0v) is 13.7. The Balaban J connectivity index is 2.04. The Bertz CT molecular complexity index is 705. The second-order valence-electron chi connectivity index (χ2n) is 5.16. The fraction of sp³-hybridized carbons (Fsp3) is 0.278. The Hall–Kier alpha value is -2.67. The largest absolute Gasteiger partial charge is 0.490 e.